The Morgan fingerprint density at radius 2 is 1.06 bits per heavy atom. The number of benzene rings is 7. The Labute approximate surface area is 288 Å². The molecule has 0 unspecified atom stereocenters. The van der Waals surface area contributed by atoms with E-state index in [2.05, 4.69) is 109 Å². The van der Waals surface area contributed by atoms with E-state index in [0.717, 1.165) is 39.1 Å². The molecule has 3 nitrogen and oxygen atoms in total. The maximum absolute atomic E-state index is 10.0. The predicted molar refractivity (Wildman–Crippen MR) is 204 cm³/mol. The van der Waals surface area contributed by atoms with Crippen molar-refractivity contribution in [3.63, 3.8) is 0 Å². The Balaban J connectivity index is 1.34. The van der Waals surface area contributed by atoms with Crippen LogP contribution in [0.3, 0.4) is 0 Å². The van der Waals surface area contributed by atoms with Crippen LogP contribution in [0.2, 0.25) is 0 Å². The molecule has 0 fully saturated rings. The topological polar surface area (TPSA) is 49.6 Å². The number of nitriles is 1. The molecular weight excluding hydrogens is 615 g/mol. The second kappa shape index (κ2) is 12.0. The molecule has 2 heterocycles. The summed E-state index contributed by atoms with van der Waals surface area (Å²) in [4.78, 5) is 10.2. The molecule has 0 radical (unpaired) electrons. The van der Waals surface area contributed by atoms with Crippen LogP contribution in [-0.4, -0.2) is 9.97 Å². The minimum Gasteiger partial charge on any atom is -0.228 e. The van der Waals surface area contributed by atoms with Gasteiger partial charge in [0.1, 0.15) is 0 Å². The normalized spacial score (nSPS) is 11.2. The smallest absolute Gasteiger partial charge is 0.160 e. The first-order chi connectivity index (χ1) is 24.2. The fourth-order valence-corrected chi connectivity index (χ4v) is 8.03. The molecule has 7 aromatic carbocycles. The quantitative estimate of drug-likeness (QED) is 0.188. The number of hydrogen-bond acceptors (Lipinski definition) is 4. The highest BCUT2D eigenvalue weighted by Gasteiger charge is 2.17. The highest BCUT2D eigenvalue weighted by Crippen LogP contribution is 2.43. The molecule has 9 rings (SSSR count). The first-order valence-corrected chi connectivity index (χ1v) is 17.0. The molecule has 0 aliphatic carbocycles. The number of aromatic nitrogens is 2. The van der Waals surface area contributed by atoms with Crippen LogP contribution in [0.25, 0.3) is 87.1 Å². The summed E-state index contributed by atoms with van der Waals surface area (Å²) in [6, 6.07) is 59.2. The van der Waals surface area contributed by atoms with E-state index in [9.17, 15) is 5.26 Å². The molecule has 0 bridgehead atoms. The molecule has 0 N–H and O–H groups in total. The average Bonchev–Trinajstić information content (AvgIpc) is 3.56. The molecule has 0 saturated heterocycles. The Hall–Kier alpha value is -6.41. The van der Waals surface area contributed by atoms with Crippen LogP contribution in [0.5, 0.6) is 0 Å². The van der Waals surface area contributed by atoms with Gasteiger partial charge in [-0.2, -0.15) is 5.26 Å². The molecule has 0 aliphatic rings. The zero-order valence-corrected chi connectivity index (χ0v) is 27.2. The second-order valence-corrected chi connectivity index (χ2v) is 13.1. The first-order valence-electron chi connectivity index (χ1n) is 16.2. The van der Waals surface area contributed by atoms with E-state index >= 15 is 0 Å². The average molecular weight is 642 g/mol. The van der Waals surface area contributed by atoms with Crippen molar-refractivity contribution in [1.29, 1.82) is 5.26 Å². The third-order valence-electron chi connectivity index (χ3n) is 9.13. The van der Waals surface area contributed by atoms with Crippen molar-refractivity contribution in [2.45, 2.75) is 0 Å². The van der Waals surface area contributed by atoms with Gasteiger partial charge in [0.2, 0.25) is 0 Å². The maximum atomic E-state index is 10.0. The van der Waals surface area contributed by atoms with Gasteiger partial charge < -0.3 is 0 Å². The minimum atomic E-state index is 0.577. The fraction of sp³-hybridized carbons (Fsp3) is 0. The molecule has 9 aromatic rings. The molecule has 0 saturated carbocycles. The standard InChI is InChI=1S/C45H27N3S/c46-28-31-15-5-7-18-37(31)42-27-41(47-45(48-42)30-13-2-1-3-14-30)34-25-32(36-20-10-16-29-12-4-6-17-35(29)36)24-33(26-34)38-21-11-22-40-39-19-8-9-23-43(39)49-44(38)40/h1-27H. The summed E-state index contributed by atoms with van der Waals surface area (Å²) in [6.45, 7) is 0. The molecule has 0 amide bonds. The summed E-state index contributed by atoms with van der Waals surface area (Å²) in [6.07, 6.45) is 0. The molecule has 228 valence electrons. The van der Waals surface area contributed by atoms with Crippen molar-refractivity contribution in [3.8, 4) is 62.2 Å². The number of rotatable bonds is 5. The number of thiophene rings is 1. The highest BCUT2D eigenvalue weighted by atomic mass is 32.1. The number of fused-ring (bicyclic) bond motifs is 4. The van der Waals surface area contributed by atoms with Crippen molar-refractivity contribution in [1.82, 2.24) is 9.97 Å². The van der Waals surface area contributed by atoms with Crippen LogP contribution < -0.4 is 0 Å². The maximum Gasteiger partial charge on any atom is 0.160 e. The van der Waals surface area contributed by atoms with Crippen LogP contribution in [0.4, 0.5) is 0 Å². The summed E-state index contributed by atoms with van der Waals surface area (Å²) >= 11 is 1.84. The number of hydrogen-bond donors (Lipinski definition) is 0. The van der Waals surface area contributed by atoms with E-state index in [4.69, 9.17) is 9.97 Å². The van der Waals surface area contributed by atoms with Gasteiger partial charge >= 0.3 is 0 Å². The van der Waals surface area contributed by atoms with Crippen LogP contribution in [0.1, 0.15) is 5.56 Å². The van der Waals surface area contributed by atoms with Crippen molar-refractivity contribution in [3.05, 3.63) is 169 Å². The Morgan fingerprint density at radius 3 is 1.94 bits per heavy atom. The molecular formula is C45H27N3S. The van der Waals surface area contributed by atoms with Gasteiger partial charge in [-0.25, -0.2) is 9.97 Å². The summed E-state index contributed by atoms with van der Waals surface area (Å²) in [5.41, 5.74) is 9.35. The highest BCUT2D eigenvalue weighted by molar-refractivity contribution is 7.26. The molecule has 4 heteroatoms. The SMILES string of the molecule is N#Cc1ccccc1-c1cc(-c2cc(-c3cccc4ccccc34)cc(-c3cccc4c3sc3ccccc34)c2)nc(-c2ccccc2)n1. The van der Waals surface area contributed by atoms with Crippen molar-refractivity contribution < 1.29 is 0 Å². The van der Waals surface area contributed by atoms with E-state index in [-0.39, 0.29) is 0 Å². The Kier molecular flexibility index (Phi) is 7.04. The zero-order chi connectivity index (χ0) is 32.7. The molecule has 0 atom stereocenters. The summed E-state index contributed by atoms with van der Waals surface area (Å²) < 4.78 is 2.54. The van der Waals surface area contributed by atoms with Gasteiger partial charge in [-0.3, -0.25) is 0 Å². The molecule has 0 spiro atoms. The van der Waals surface area contributed by atoms with Gasteiger partial charge in [-0.15, -0.1) is 11.3 Å². The summed E-state index contributed by atoms with van der Waals surface area (Å²) in [5.74, 6) is 0.615. The third kappa shape index (κ3) is 5.14. The predicted octanol–water partition coefficient (Wildman–Crippen LogP) is 12.2. The first kappa shape index (κ1) is 28.8. The van der Waals surface area contributed by atoms with Crippen LogP contribution >= 0.6 is 11.3 Å². The van der Waals surface area contributed by atoms with Gasteiger partial charge in [-0.1, -0.05) is 127 Å². The zero-order valence-electron chi connectivity index (χ0n) is 26.3. The van der Waals surface area contributed by atoms with Gasteiger partial charge in [0, 0.05) is 36.9 Å². The van der Waals surface area contributed by atoms with Gasteiger partial charge in [-0.05, 0) is 69.4 Å². The summed E-state index contributed by atoms with van der Waals surface area (Å²) in [5, 5.41) is 14.9. The molecule has 0 aliphatic heterocycles. The Morgan fingerprint density at radius 1 is 0.449 bits per heavy atom. The van der Waals surface area contributed by atoms with Crippen LogP contribution in [0.15, 0.2) is 164 Å². The molecule has 49 heavy (non-hydrogen) atoms. The van der Waals surface area contributed by atoms with Gasteiger partial charge in [0.25, 0.3) is 0 Å². The van der Waals surface area contributed by atoms with E-state index in [1.165, 1.54) is 36.5 Å². The Bertz CT molecular complexity index is 2730. The lowest BCUT2D eigenvalue weighted by molar-refractivity contribution is 1.18. The van der Waals surface area contributed by atoms with Crippen molar-refractivity contribution >= 4 is 42.3 Å². The monoisotopic (exact) mass is 641 g/mol. The van der Waals surface area contributed by atoms with E-state index in [0.29, 0.717) is 17.1 Å². The fourth-order valence-electron chi connectivity index (χ4n) is 6.79. The van der Waals surface area contributed by atoms with E-state index in [1.807, 2.05) is 72.0 Å². The van der Waals surface area contributed by atoms with Gasteiger partial charge in [0.15, 0.2) is 5.82 Å². The second-order valence-electron chi connectivity index (χ2n) is 12.1. The van der Waals surface area contributed by atoms with Crippen molar-refractivity contribution in [2.24, 2.45) is 0 Å². The van der Waals surface area contributed by atoms with E-state index < -0.39 is 0 Å². The van der Waals surface area contributed by atoms with Crippen LogP contribution in [-0.2, 0) is 0 Å². The lowest BCUT2D eigenvalue weighted by Gasteiger charge is -2.15. The van der Waals surface area contributed by atoms with Crippen molar-refractivity contribution in [2.75, 3.05) is 0 Å². The lowest BCUT2D eigenvalue weighted by Crippen LogP contribution is -1.97. The number of nitrogens with zero attached hydrogens (tertiary/aromatic N) is 3. The molecule has 2 aromatic heterocycles. The van der Waals surface area contributed by atoms with Crippen LogP contribution in [0, 0.1) is 11.3 Å². The lowest BCUT2D eigenvalue weighted by atomic mass is 9.91. The summed E-state index contributed by atoms with van der Waals surface area (Å²) in [7, 11) is 0. The van der Waals surface area contributed by atoms with Gasteiger partial charge in [0.05, 0.1) is 23.0 Å². The van der Waals surface area contributed by atoms with E-state index in [1.54, 1.807) is 0 Å². The third-order valence-corrected chi connectivity index (χ3v) is 10.3. The largest absolute Gasteiger partial charge is 0.228 e. The minimum absolute atomic E-state index is 0.577.